The average Bonchev–Trinajstić information content (AvgIpc) is 3.03. The van der Waals surface area contributed by atoms with Crippen LogP contribution in [-0.4, -0.2) is 29.9 Å². The molecule has 1 aliphatic carbocycles. The number of nitriles is 1. The molecule has 0 aromatic carbocycles. The number of amides is 1. The van der Waals surface area contributed by atoms with Crippen molar-refractivity contribution in [2.24, 2.45) is 5.92 Å². The fraction of sp³-hybridized carbons (Fsp3) is 0.667. The van der Waals surface area contributed by atoms with Crippen LogP contribution in [0.3, 0.4) is 0 Å². The minimum absolute atomic E-state index is 0.0797. The first kappa shape index (κ1) is 16.1. The molecule has 1 saturated carbocycles. The van der Waals surface area contributed by atoms with E-state index in [-0.39, 0.29) is 11.8 Å². The maximum atomic E-state index is 12.5. The molecule has 5 heteroatoms. The molecule has 2 aliphatic rings. The van der Waals surface area contributed by atoms with E-state index in [4.69, 9.17) is 9.68 Å². The largest absolute Gasteiger partial charge is 0.449 e. The van der Waals surface area contributed by atoms with E-state index in [9.17, 15) is 4.79 Å². The third kappa shape index (κ3) is 4.35. The summed E-state index contributed by atoms with van der Waals surface area (Å²) in [6, 6.07) is 5.94. The van der Waals surface area contributed by atoms with Crippen LogP contribution >= 0.6 is 0 Å². The summed E-state index contributed by atoms with van der Waals surface area (Å²) in [5, 5.41) is 12.1. The second kappa shape index (κ2) is 7.65. The molecule has 1 unspecified atom stereocenters. The molecule has 0 spiro atoms. The van der Waals surface area contributed by atoms with E-state index in [1.165, 1.54) is 19.3 Å². The van der Waals surface area contributed by atoms with Gasteiger partial charge in [-0.05, 0) is 44.4 Å². The van der Waals surface area contributed by atoms with Crippen LogP contribution in [-0.2, 0) is 11.3 Å². The molecule has 1 amide bonds. The standard InChI is InChI=1S/C18H25N3O2/c19-11-16-8-9-17(23-16)13-21-10-4-5-14(12-21)18(22)20-15-6-2-1-3-7-15/h8-9,14-15H,1-7,10,12-13H2,(H,20,22). The van der Waals surface area contributed by atoms with Gasteiger partial charge in [0, 0.05) is 12.6 Å². The Hall–Kier alpha value is -1.80. The van der Waals surface area contributed by atoms with E-state index in [2.05, 4.69) is 10.2 Å². The number of furan rings is 1. The van der Waals surface area contributed by atoms with Gasteiger partial charge in [0.15, 0.2) is 0 Å². The molecule has 5 nitrogen and oxygen atoms in total. The van der Waals surface area contributed by atoms with Gasteiger partial charge in [-0.15, -0.1) is 0 Å². The highest BCUT2D eigenvalue weighted by Gasteiger charge is 2.28. The molecule has 23 heavy (non-hydrogen) atoms. The van der Waals surface area contributed by atoms with Crippen LogP contribution in [0.1, 0.15) is 56.5 Å². The van der Waals surface area contributed by atoms with Gasteiger partial charge in [-0.3, -0.25) is 9.69 Å². The first-order valence-corrected chi connectivity index (χ1v) is 8.76. The second-order valence-corrected chi connectivity index (χ2v) is 6.80. The highest BCUT2D eigenvalue weighted by atomic mass is 16.3. The van der Waals surface area contributed by atoms with Gasteiger partial charge in [0.05, 0.1) is 12.5 Å². The molecule has 124 valence electrons. The maximum Gasteiger partial charge on any atom is 0.224 e. The molecule has 1 atom stereocenters. The van der Waals surface area contributed by atoms with Crippen molar-refractivity contribution in [1.82, 2.24) is 10.2 Å². The normalized spacial score (nSPS) is 23.3. The lowest BCUT2D eigenvalue weighted by molar-refractivity contribution is -0.127. The van der Waals surface area contributed by atoms with Crippen LogP contribution in [0.5, 0.6) is 0 Å². The van der Waals surface area contributed by atoms with Crippen LogP contribution in [0.4, 0.5) is 0 Å². The minimum Gasteiger partial charge on any atom is -0.449 e. The lowest BCUT2D eigenvalue weighted by Gasteiger charge is -2.33. The summed E-state index contributed by atoms with van der Waals surface area (Å²) < 4.78 is 5.45. The molecule has 1 N–H and O–H groups in total. The Morgan fingerprint density at radius 2 is 2.09 bits per heavy atom. The van der Waals surface area contributed by atoms with Crippen LogP contribution in [0.25, 0.3) is 0 Å². The molecule has 0 radical (unpaired) electrons. The predicted octanol–water partition coefficient (Wildman–Crippen LogP) is 2.81. The van der Waals surface area contributed by atoms with Gasteiger partial charge in [-0.2, -0.15) is 5.26 Å². The number of hydrogen-bond donors (Lipinski definition) is 1. The van der Waals surface area contributed by atoms with Gasteiger partial charge >= 0.3 is 0 Å². The smallest absolute Gasteiger partial charge is 0.224 e. The third-order valence-electron chi connectivity index (χ3n) is 4.98. The van der Waals surface area contributed by atoms with Gasteiger partial charge in [0.25, 0.3) is 0 Å². The summed E-state index contributed by atoms with van der Waals surface area (Å²) >= 11 is 0. The molecule has 1 aliphatic heterocycles. The predicted molar refractivity (Wildman–Crippen MR) is 86.4 cm³/mol. The van der Waals surface area contributed by atoms with E-state index in [1.54, 1.807) is 6.07 Å². The van der Waals surface area contributed by atoms with Gasteiger partial charge in [0.1, 0.15) is 11.8 Å². The van der Waals surface area contributed by atoms with E-state index in [1.807, 2.05) is 12.1 Å². The Morgan fingerprint density at radius 1 is 1.26 bits per heavy atom. The van der Waals surface area contributed by atoms with Gasteiger partial charge in [-0.25, -0.2) is 0 Å². The van der Waals surface area contributed by atoms with E-state index in [0.717, 1.165) is 44.5 Å². The Labute approximate surface area is 137 Å². The molecular weight excluding hydrogens is 290 g/mol. The number of hydrogen-bond acceptors (Lipinski definition) is 4. The van der Waals surface area contributed by atoms with Crippen molar-refractivity contribution < 1.29 is 9.21 Å². The zero-order chi connectivity index (χ0) is 16.1. The maximum absolute atomic E-state index is 12.5. The van der Waals surface area contributed by atoms with E-state index >= 15 is 0 Å². The van der Waals surface area contributed by atoms with E-state index < -0.39 is 0 Å². The fourth-order valence-corrected chi connectivity index (χ4v) is 3.72. The van der Waals surface area contributed by atoms with Crippen molar-refractivity contribution in [2.45, 2.75) is 57.5 Å². The Bertz CT molecular complexity index is 569. The first-order chi connectivity index (χ1) is 11.2. The van der Waals surface area contributed by atoms with Crippen molar-refractivity contribution in [3.63, 3.8) is 0 Å². The zero-order valence-electron chi connectivity index (χ0n) is 13.6. The summed E-state index contributed by atoms with van der Waals surface area (Å²) in [7, 11) is 0. The third-order valence-corrected chi connectivity index (χ3v) is 4.98. The van der Waals surface area contributed by atoms with Gasteiger partial charge in [0.2, 0.25) is 11.7 Å². The van der Waals surface area contributed by atoms with Gasteiger partial charge < -0.3 is 9.73 Å². The molecule has 1 saturated heterocycles. The highest BCUT2D eigenvalue weighted by molar-refractivity contribution is 5.79. The second-order valence-electron chi connectivity index (χ2n) is 6.80. The number of nitrogens with one attached hydrogen (secondary N) is 1. The molecule has 3 rings (SSSR count). The molecule has 2 fully saturated rings. The van der Waals surface area contributed by atoms with Crippen molar-refractivity contribution in [3.05, 3.63) is 23.7 Å². The topological polar surface area (TPSA) is 69.3 Å². The van der Waals surface area contributed by atoms with Crippen molar-refractivity contribution in [1.29, 1.82) is 5.26 Å². The monoisotopic (exact) mass is 315 g/mol. The number of carbonyl (C=O) groups excluding carboxylic acids is 1. The molecular formula is C18H25N3O2. The molecule has 1 aromatic heterocycles. The SMILES string of the molecule is N#Cc1ccc(CN2CCCC(C(=O)NC3CCCCC3)C2)o1. The lowest BCUT2D eigenvalue weighted by atomic mass is 9.93. The van der Waals surface area contributed by atoms with Crippen LogP contribution in [0.15, 0.2) is 16.5 Å². The van der Waals surface area contributed by atoms with Crippen LogP contribution in [0, 0.1) is 17.2 Å². The quantitative estimate of drug-likeness (QED) is 0.927. The summed E-state index contributed by atoms with van der Waals surface area (Å²) in [4.78, 5) is 14.8. The van der Waals surface area contributed by atoms with Crippen molar-refractivity contribution in [3.8, 4) is 6.07 Å². The van der Waals surface area contributed by atoms with Crippen molar-refractivity contribution >= 4 is 5.91 Å². The number of piperidine rings is 1. The number of nitrogens with zero attached hydrogens (tertiary/aromatic N) is 2. The number of carbonyl (C=O) groups is 1. The summed E-state index contributed by atoms with van der Waals surface area (Å²) in [5.74, 6) is 1.45. The summed E-state index contributed by atoms with van der Waals surface area (Å²) in [5.41, 5.74) is 0. The Kier molecular flexibility index (Phi) is 5.35. The first-order valence-electron chi connectivity index (χ1n) is 8.76. The number of rotatable bonds is 4. The molecule has 2 heterocycles. The average molecular weight is 315 g/mol. The van der Waals surface area contributed by atoms with Gasteiger partial charge in [-0.1, -0.05) is 19.3 Å². The fourth-order valence-electron chi connectivity index (χ4n) is 3.72. The lowest BCUT2D eigenvalue weighted by Crippen LogP contribution is -2.46. The van der Waals surface area contributed by atoms with Crippen LogP contribution < -0.4 is 5.32 Å². The zero-order valence-corrected chi connectivity index (χ0v) is 13.6. The number of likely N-dealkylation sites (tertiary alicyclic amines) is 1. The molecule has 0 bridgehead atoms. The molecule has 1 aromatic rings. The van der Waals surface area contributed by atoms with Crippen LogP contribution in [0.2, 0.25) is 0 Å². The summed E-state index contributed by atoms with van der Waals surface area (Å²) in [6.45, 7) is 2.44. The Morgan fingerprint density at radius 3 is 2.83 bits per heavy atom. The minimum atomic E-state index is 0.0797. The Balaban J connectivity index is 1.50. The van der Waals surface area contributed by atoms with Crippen molar-refractivity contribution in [2.75, 3.05) is 13.1 Å². The van der Waals surface area contributed by atoms with E-state index in [0.29, 0.717) is 18.3 Å². The highest BCUT2D eigenvalue weighted by Crippen LogP contribution is 2.22. The summed E-state index contributed by atoms with van der Waals surface area (Å²) in [6.07, 6.45) is 8.04.